The van der Waals surface area contributed by atoms with E-state index in [9.17, 15) is 0 Å². The molecule has 0 aromatic rings. The van der Waals surface area contributed by atoms with E-state index in [4.69, 9.17) is 0 Å². The zero-order valence-electron chi connectivity index (χ0n) is 9.04. The molecule has 12 heavy (non-hydrogen) atoms. The van der Waals surface area contributed by atoms with Crippen LogP contribution in [0.3, 0.4) is 0 Å². The van der Waals surface area contributed by atoms with Crippen molar-refractivity contribution in [1.82, 2.24) is 9.80 Å². The maximum absolute atomic E-state index is 2.59. The van der Waals surface area contributed by atoms with Crippen LogP contribution in [-0.4, -0.2) is 48.6 Å². The Bertz CT molecular complexity index is 127. The lowest BCUT2D eigenvalue weighted by Gasteiger charge is -2.30. The Labute approximate surface area is 76.5 Å². The van der Waals surface area contributed by atoms with Crippen LogP contribution in [-0.2, 0) is 0 Å². The molecule has 1 aliphatic rings. The fourth-order valence-electron chi connectivity index (χ4n) is 2.37. The third-order valence-corrected chi connectivity index (χ3v) is 3.09. The van der Waals surface area contributed by atoms with Gasteiger partial charge in [0.25, 0.3) is 0 Å². The smallest absolute Gasteiger partial charge is 0.0255 e. The normalized spacial score (nSPS) is 32.2. The second kappa shape index (κ2) is 3.75. The van der Waals surface area contributed by atoms with Crippen LogP contribution < -0.4 is 0 Å². The van der Waals surface area contributed by atoms with E-state index in [0.29, 0.717) is 6.04 Å². The van der Waals surface area contributed by atoms with E-state index in [-0.39, 0.29) is 0 Å². The number of nitrogens with zero attached hydrogens (tertiary/aromatic N) is 2. The molecule has 0 bridgehead atoms. The standard InChI is InChI=1S/C10H22N2/c1-8(2)12-7-6-10(9(12)3)11(4)5/h8-10H,6-7H2,1-5H3. The highest BCUT2D eigenvalue weighted by molar-refractivity contribution is 4.90. The molecule has 0 radical (unpaired) electrons. The van der Waals surface area contributed by atoms with E-state index < -0.39 is 0 Å². The van der Waals surface area contributed by atoms with E-state index in [1.54, 1.807) is 0 Å². The van der Waals surface area contributed by atoms with Crippen molar-refractivity contribution in [2.24, 2.45) is 0 Å². The van der Waals surface area contributed by atoms with Gasteiger partial charge in [-0.2, -0.15) is 0 Å². The van der Waals surface area contributed by atoms with Gasteiger partial charge in [-0.15, -0.1) is 0 Å². The Kier molecular flexibility index (Phi) is 3.13. The Morgan fingerprint density at radius 3 is 2.17 bits per heavy atom. The van der Waals surface area contributed by atoms with Gasteiger partial charge in [-0.1, -0.05) is 0 Å². The van der Waals surface area contributed by atoms with Gasteiger partial charge < -0.3 is 4.90 Å². The monoisotopic (exact) mass is 170 g/mol. The predicted octanol–water partition coefficient (Wildman–Crippen LogP) is 1.42. The van der Waals surface area contributed by atoms with Gasteiger partial charge in [0, 0.05) is 24.7 Å². The van der Waals surface area contributed by atoms with Crippen LogP contribution in [0.2, 0.25) is 0 Å². The number of hydrogen-bond acceptors (Lipinski definition) is 2. The molecule has 1 heterocycles. The van der Waals surface area contributed by atoms with Crippen molar-refractivity contribution in [2.75, 3.05) is 20.6 Å². The highest BCUT2D eigenvalue weighted by Crippen LogP contribution is 2.22. The average molecular weight is 170 g/mol. The largest absolute Gasteiger partial charge is 0.305 e. The lowest BCUT2D eigenvalue weighted by atomic mass is 10.1. The molecule has 0 aromatic heterocycles. The van der Waals surface area contributed by atoms with Gasteiger partial charge in [-0.25, -0.2) is 0 Å². The summed E-state index contributed by atoms with van der Waals surface area (Å²) in [6, 6.07) is 2.18. The molecule has 2 heteroatoms. The van der Waals surface area contributed by atoms with Gasteiger partial charge in [0.2, 0.25) is 0 Å². The van der Waals surface area contributed by atoms with Crippen LogP contribution in [0, 0.1) is 0 Å². The van der Waals surface area contributed by atoms with Crippen molar-refractivity contribution < 1.29 is 0 Å². The number of likely N-dealkylation sites (N-methyl/N-ethyl adjacent to an activating group) is 1. The minimum absolute atomic E-state index is 0.699. The maximum atomic E-state index is 2.59. The number of likely N-dealkylation sites (tertiary alicyclic amines) is 1. The molecule has 0 aliphatic carbocycles. The first-order valence-electron chi connectivity index (χ1n) is 4.96. The first-order valence-corrected chi connectivity index (χ1v) is 4.96. The number of rotatable bonds is 2. The first-order chi connectivity index (χ1) is 5.54. The van der Waals surface area contributed by atoms with Gasteiger partial charge in [0.15, 0.2) is 0 Å². The Balaban J connectivity index is 2.55. The SMILES string of the molecule is CC(C)N1CCC(N(C)C)C1C. The summed E-state index contributed by atoms with van der Waals surface area (Å²) in [4.78, 5) is 4.94. The zero-order valence-corrected chi connectivity index (χ0v) is 9.04. The van der Waals surface area contributed by atoms with E-state index in [1.165, 1.54) is 13.0 Å². The van der Waals surface area contributed by atoms with E-state index in [0.717, 1.165) is 12.1 Å². The van der Waals surface area contributed by atoms with Gasteiger partial charge >= 0.3 is 0 Å². The summed E-state index contributed by atoms with van der Waals surface area (Å²) in [5, 5.41) is 0. The van der Waals surface area contributed by atoms with Crippen molar-refractivity contribution in [3.63, 3.8) is 0 Å². The van der Waals surface area contributed by atoms with Crippen molar-refractivity contribution in [3.8, 4) is 0 Å². The van der Waals surface area contributed by atoms with Crippen molar-refractivity contribution in [1.29, 1.82) is 0 Å². The molecule has 1 fully saturated rings. The first kappa shape index (κ1) is 10.0. The topological polar surface area (TPSA) is 6.48 Å². The molecule has 2 atom stereocenters. The molecule has 0 spiro atoms. The molecule has 2 nitrogen and oxygen atoms in total. The van der Waals surface area contributed by atoms with Gasteiger partial charge in [-0.3, -0.25) is 4.90 Å². The summed E-state index contributed by atoms with van der Waals surface area (Å²) in [6.07, 6.45) is 1.33. The van der Waals surface area contributed by atoms with Crippen LogP contribution in [0.5, 0.6) is 0 Å². The molecule has 0 saturated carbocycles. The van der Waals surface area contributed by atoms with E-state index in [2.05, 4.69) is 44.7 Å². The quantitative estimate of drug-likeness (QED) is 0.618. The molecule has 2 unspecified atom stereocenters. The van der Waals surface area contributed by atoms with Gasteiger partial charge in [0.1, 0.15) is 0 Å². The van der Waals surface area contributed by atoms with Crippen LogP contribution in [0.15, 0.2) is 0 Å². The molecular weight excluding hydrogens is 148 g/mol. The fraction of sp³-hybridized carbons (Fsp3) is 1.00. The van der Waals surface area contributed by atoms with Crippen LogP contribution >= 0.6 is 0 Å². The summed E-state index contributed by atoms with van der Waals surface area (Å²) in [6.45, 7) is 8.18. The lowest BCUT2D eigenvalue weighted by molar-refractivity contribution is 0.168. The Hall–Kier alpha value is -0.0800. The highest BCUT2D eigenvalue weighted by atomic mass is 15.3. The second-order valence-corrected chi connectivity index (χ2v) is 4.39. The Morgan fingerprint density at radius 2 is 1.92 bits per heavy atom. The zero-order chi connectivity index (χ0) is 9.30. The maximum Gasteiger partial charge on any atom is 0.0255 e. The summed E-state index contributed by atoms with van der Waals surface area (Å²) in [5.74, 6) is 0. The molecule has 1 aliphatic heterocycles. The summed E-state index contributed by atoms with van der Waals surface area (Å²) in [5.41, 5.74) is 0. The third kappa shape index (κ3) is 1.80. The molecule has 0 amide bonds. The van der Waals surface area contributed by atoms with Crippen LogP contribution in [0.25, 0.3) is 0 Å². The molecular formula is C10H22N2. The summed E-state index contributed by atoms with van der Waals surface area (Å²) >= 11 is 0. The third-order valence-electron chi connectivity index (χ3n) is 3.09. The molecule has 0 N–H and O–H groups in total. The minimum Gasteiger partial charge on any atom is -0.305 e. The van der Waals surface area contributed by atoms with Crippen molar-refractivity contribution in [3.05, 3.63) is 0 Å². The Morgan fingerprint density at radius 1 is 1.33 bits per heavy atom. The second-order valence-electron chi connectivity index (χ2n) is 4.39. The molecule has 1 rings (SSSR count). The van der Waals surface area contributed by atoms with Gasteiger partial charge in [0.05, 0.1) is 0 Å². The highest BCUT2D eigenvalue weighted by Gasteiger charge is 2.32. The molecule has 72 valence electrons. The fourth-order valence-corrected chi connectivity index (χ4v) is 2.37. The van der Waals surface area contributed by atoms with Crippen LogP contribution in [0.1, 0.15) is 27.2 Å². The number of hydrogen-bond donors (Lipinski definition) is 0. The lowest BCUT2D eigenvalue weighted by Crippen LogP contribution is -2.42. The van der Waals surface area contributed by atoms with E-state index >= 15 is 0 Å². The van der Waals surface area contributed by atoms with Crippen molar-refractivity contribution in [2.45, 2.75) is 45.3 Å². The van der Waals surface area contributed by atoms with E-state index in [1.807, 2.05) is 0 Å². The summed E-state index contributed by atoms with van der Waals surface area (Å²) < 4.78 is 0. The minimum atomic E-state index is 0.699. The van der Waals surface area contributed by atoms with Crippen molar-refractivity contribution >= 4 is 0 Å². The predicted molar refractivity (Wildman–Crippen MR) is 53.4 cm³/mol. The summed E-state index contributed by atoms with van der Waals surface area (Å²) in [7, 11) is 4.37. The molecule has 1 saturated heterocycles. The van der Waals surface area contributed by atoms with Crippen LogP contribution in [0.4, 0.5) is 0 Å². The molecule has 0 aromatic carbocycles. The average Bonchev–Trinajstić information content (AvgIpc) is 2.30. The van der Waals surface area contributed by atoms with Gasteiger partial charge in [-0.05, 0) is 41.3 Å².